The number of aliphatic imine (C=N–C) groups is 1. The Morgan fingerprint density at radius 1 is 1.33 bits per heavy atom. The van der Waals surface area contributed by atoms with Crippen LogP contribution >= 0.6 is 12.6 Å². The maximum atomic E-state index is 11.5. The van der Waals surface area contributed by atoms with E-state index in [9.17, 15) is 19.5 Å². The van der Waals surface area contributed by atoms with Crippen LogP contribution in [0.4, 0.5) is 0 Å². The van der Waals surface area contributed by atoms with Gasteiger partial charge in [0, 0.05) is 5.75 Å². The third-order valence-corrected chi connectivity index (χ3v) is 2.52. The van der Waals surface area contributed by atoms with Crippen molar-refractivity contribution < 1.29 is 46.8 Å². The van der Waals surface area contributed by atoms with Crippen LogP contribution < -0.4 is 16.2 Å². The van der Waals surface area contributed by atoms with Gasteiger partial charge in [-0.1, -0.05) is 0 Å². The van der Waals surface area contributed by atoms with E-state index < -0.39 is 42.4 Å². The molecule has 0 aromatic rings. The van der Waals surface area contributed by atoms with Crippen molar-refractivity contribution in [2.45, 2.75) is 24.9 Å². The maximum absolute atomic E-state index is 11.5. The zero-order valence-corrected chi connectivity index (χ0v) is 12.6. The summed E-state index contributed by atoms with van der Waals surface area (Å²) in [6, 6.07) is -2.30. The SMILES string of the molecule is N[C@@H](CCC([O-])=N[C@@H](CS)C(=O)NCC(=O)O)C(=O)O.[Cu+]. The van der Waals surface area contributed by atoms with E-state index in [1.165, 1.54) is 0 Å². The maximum Gasteiger partial charge on any atom is 1.00 e. The third-order valence-electron chi connectivity index (χ3n) is 2.18. The number of rotatable bonds is 9. The summed E-state index contributed by atoms with van der Waals surface area (Å²) in [5, 5.41) is 30.4. The molecule has 1 amide bonds. The van der Waals surface area contributed by atoms with Crippen LogP contribution in [0.25, 0.3) is 0 Å². The van der Waals surface area contributed by atoms with Gasteiger partial charge in [-0.15, -0.1) is 0 Å². The molecule has 0 radical (unpaired) electrons. The molecule has 9 nitrogen and oxygen atoms in total. The van der Waals surface area contributed by atoms with Crippen molar-refractivity contribution in [3.8, 4) is 0 Å². The van der Waals surface area contributed by atoms with E-state index in [0.717, 1.165) is 0 Å². The Balaban J connectivity index is 0. The van der Waals surface area contributed by atoms with Crippen molar-refractivity contribution in [1.82, 2.24) is 5.32 Å². The predicted octanol–water partition coefficient (Wildman–Crippen LogP) is -2.57. The van der Waals surface area contributed by atoms with Gasteiger partial charge in [-0.25, -0.2) is 0 Å². The molecule has 0 aliphatic heterocycles. The van der Waals surface area contributed by atoms with Crippen LogP contribution in [0.15, 0.2) is 4.99 Å². The number of hydrogen-bond acceptors (Lipinski definition) is 7. The molecule has 0 saturated heterocycles. The quantitative estimate of drug-likeness (QED) is 0.129. The Hall–Kier alpha value is -1.29. The van der Waals surface area contributed by atoms with E-state index in [4.69, 9.17) is 15.9 Å². The summed E-state index contributed by atoms with van der Waals surface area (Å²) in [5.41, 5.74) is 5.22. The minimum atomic E-state index is -1.23. The molecule has 11 heteroatoms. The second kappa shape index (κ2) is 11.4. The standard InChI is InChI=1S/C10H17N3O6S.Cu/c11-5(10(18)19)1-2-7(14)13-6(4-20)9(17)12-3-8(15)16;/h5-6,20H,1-4,11H2,(H,12,17)(H,13,14)(H,15,16)(H,18,19);/q;+1/p-1/t5-,6-;/m0./s1. The molecule has 0 aliphatic carbocycles. The molecular formula is C10H16CuN3O6S. The number of carboxylic acids is 2. The fraction of sp³-hybridized carbons (Fsp3) is 0.600. The second-order valence-corrected chi connectivity index (χ2v) is 4.18. The molecular weight excluding hydrogens is 354 g/mol. The van der Waals surface area contributed by atoms with Crippen LogP contribution in [0, 0.1) is 0 Å². The van der Waals surface area contributed by atoms with Gasteiger partial charge in [0.25, 0.3) is 0 Å². The Bertz CT molecular complexity index is 406. The molecule has 0 unspecified atom stereocenters. The number of carbonyl (C=O) groups excluding carboxylic acids is 1. The molecule has 0 aliphatic rings. The first kappa shape index (κ1) is 22.0. The molecule has 124 valence electrons. The van der Waals surface area contributed by atoms with Crippen LogP contribution in [0.1, 0.15) is 12.8 Å². The van der Waals surface area contributed by atoms with Crippen molar-refractivity contribution in [2.24, 2.45) is 10.7 Å². The number of nitrogens with two attached hydrogens (primary N) is 1. The van der Waals surface area contributed by atoms with Crippen molar-refractivity contribution in [2.75, 3.05) is 12.3 Å². The topological polar surface area (TPSA) is 165 Å². The first-order valence-corrected chi connectivity index (χ1v) is 6.23. The van der Waals surface area contributed by atoms with E-state index in [1.54, 1.807) is 0 Å². The molecule has 5 N–H and O–H groups in total. The van der Waals surface area contributed by atoms with E-state index >= 15 is 0 Å². The van der Waals surface area contributed by atoms with Gasteiger partial charge in [-0.3, -0.25) is 19.4 Å². The van der Waals surface area contributed by atoms with Gasteiger partial charge in [-0.05, 0) is 18.7 Å². The largest absolute Gasteiger partial charge is 1.00 e. The monoisotopic (exact) mass is 369 g/mol. The molecule has 0 spiro atoms. The summed E-state index contributed by atoms with van der Waals surface area (Å²) < 4.78 is 0. The molecule has 0 bridgehead atoms. The van der Waals surface area contributed by atoms with Crippen LogP contribution in [0.2, 0.25) is 0 Å². The average Bonchev–Trinajstić information content (AvgIpc) is 2.38. The number of aliphatic carboxylic acids is 2. The minimum absolute atomic E-state index is 0. The smallest absolute Gasteiger partial charge is 0.862 e. The summed E-state index contributed by atoms with van der Waals surface area (Å²) in [4.78, 5) is 35.7. The van der Waals surface area contributed by atoms with Gasteiger partial charge in [-0.2, -0.15) is 12.6 Å². The first-order chi connectivity index (χ1) is 9.27. The molecule has 0 rings (SSSR count). The second-order valence-electron chi connectivity index (χ2n) is 3.82. The van der Waals surface area contributed by atoms with Gasteiger partial charge in [0.15, 0.2) is 0 Å². The molecule has 2 atom stereocenters. The number of amides is 1. The molecule has 0 heterocycles. The average molecular weight is 370 g/mol. The number of carboxylic acid groups (broad SMARTS) is 2. The number of nitrogens with one attached hydrogen (secondary N) is 1. The van der Waals surface area contributed by atoms with Crippen LogP contribution in [-0.2, 0) is 31.5 Å². The zero-order valence-electron chi connectivity index (χ0n) is 10.8. The fourth-order valence-electron chi connectivity index (χ4n) is 1.10. The van der Waals surface area contributed by atoms with Crippen molar-refractivity contribution in [1.29, 1.82) is 0 Å². The van der Waals surface area contributed by atoms with Crippen molar-refractivity contribution in [3.63, 3.8) is 0 Å². The van der Waals surface area contributed by atoms with Gasteiger partial charge in [0.1, 0.15) is 18.6 Å². The van der Waals surface area contributed by atoms with Crippen LogP contribution in [0.3, 0.4) is 0 Å². The summed E-state index contributed by atoms with van der Waals surface area (Å²) in [7, 11) is 0. The molecule has 0 saturated carbocycles. The normalized spacial score (nSPS) is 13.7. The van der Waals surface area contributed by atoms with Gasteiger partial charge < -0.3 is 26.4 Å². The summed E-state index contributed by atoms with van der Waals surface area (Å²) in [6.45, 7) is -0.587. The van der Waals surface area contributed by atoms with Crippen LogP contribution in [-0.4, -0.2) is 58.3 Å². The van der Waals surface area contributed by atoms with Crippen LogP contribution in [0.5, 0.6) is 0 Å². The number of carbonyl (C=O) groups is 3. The number of nitrogens with zero attached hydrogens (tertiary/aromatic N) is 1. The summed E-state index contributed by atoms with van der Waals surface area (Å²) in [5.74, 6) is -3.97. The molecule has 0 aromatic heterocycles. The Morgan fingerprint density at radius 2 is 1.90 bits per heavy atom. The summed E-state index contributed by atoms with van der Waals surface area (Å²) in [6.07, 6.45) is -0.322. The summed E-state index contributed by atoms with van der Waals surface area (Å²) >= 11 is 3.84. The Kier molecular flexibility index (Phi) is 11.9. The molecule has 0 fully saturated rings. The third kappa shape index (κ3) is 10.1. The number of hydrogen-bond donors (Lipinski definition) is 5. The van der Waals surface area contributed by atoms with Crippen molar-refractivity contribution in [3.05, 3.63) is 0 Å². The number of thiol groups is 1. The van der Waals surface area contributed by atoms with E-state index in [2.05, 4.69) is 22.9 Å². The van der Waals surface area contributed by atoms with Gasteiger partial charge in [0.2, 0.25) is 5.91 Å². The van der Waals surface area contributed by atoms with Gasteiger partial charge in [0.05, 0.1) is 0 Å². The first-order valence-electron chi connectivity index (χ1n) is 5.60. The van der Waals surface area contributed by atoms with E-state index in [0.29, 0.717) is 0 Å². The Labute approximate surface area is 136 Å². The van der Waals surface area contributed by atoms with E-state index in [-0.39, 0.29) is 35.7 Å². The fourth-order valence-corrected chi connectivity index (χ4v) is 1.35. The molecule has 21 heavy (non-hydrogen) atoms. The predicted molar refractivity (Wildman–Crippen MR) is 70.6 cm³/mol. The van der Waals surface area contributed by atoms with Gasteiger partial charge >= 0.3 is 29.0 Å². The van der Waals surface area contributed by atoms with E-state index in [1.807, 2.05) is 0 Å². The Morgan fingerprint density at radius 3 is 2.33 bits per heavy atom. The zero-order chi connectivity index (χ0) is 15.7. The van der Waals surface area contributed by atoms with Crippen molar-refractivity contribution >= 4 is 36.4 Å². The minimum Gasteiger partial charge on any atom is -0.862 e. The molecule has 0 aromatic carbocycles.